The van der Waals surface area contributed by atoms with Crippen LogP contribution in [0.5, 0.6) is 0 Å². The number of carbonyl (C=O) groups is 1. The van der Waals surface area contributed by atoms with Gasteiger partial charge in [0, 0.05) is 31.7 Å². The van der Waals surface area contributed by atoms with E-state index in [9.17, 15) is 9.18 Å². The van der Waals surface area contributed by atoms with Crippen molar-refractivity contribution in [1.82, 2.24) is 15.1 Å². The molecule has 0 aromatic heterocycles. The molecule has 2 rings (SSSR count). The van der Waals surface area contributed by atoms with Gasteiger partial charge in [0.15, 0.2) is 5.11 Å². The van der Waals surface area contributed by atoms with Gasteiger partial charge in [-0.15, -0.1) is 0 Å². The highest BCUT2D eigenvalue weighted by Gasteiger charge is 2.21. The molecule has 1 amide bonds. The molecule has 5 nitrogen and oxygen atoms in total. The number of carbonyl (C=O) groups excluding carboxylic acids is 1. The first kappa shape index (κ1) is 19.6. The molecular formula is C18H27FN4OS. The number of para-hydroxylation sites is 1. The van der Waals surface area contributed by atoms with Crippen LogP contribution in [0.3, 0.4) is 0 Å². The highest BCUT2D eigenvalue weighted by Crippen LogP contribution is 2.14. The van der Waals surface area contributed by atoms with E-state index in [1.807, 2.05) is 25.7 Å². The first-order chi connectivity index (χ1) is 11.7. The first-order valence-corrected chi connectivity index (χ1v) is 8.99. The number of halogens is 1. The Labute approximate surface area is 154 Å². The lowest BCUT2D eigenvalue weighted by Gasteiger charge is -2.26. The normalized spacial score (nSPS) is 16.2. The third kappa shape index (κ3) is 6.59. The first-order valence-electron chi connectivity index (χ1n) is 8.58. The summed E-state index contributed by atoms with van der Waals surface area (Å²) in [6.45, 7) is 9.40. The molecule has 0 saturated carbocycles. The van der Waals surface area contributed by atoms with Gasteiger partial charge >= 0.3 is 0 Å². The van der Waals surface area contributed by atoms with Crippen LogP contribution in [-0.4, -0.2) is 59.1 Å². The molecule has 138 valence electrons. The molecule has 2 N–H and O–H groups in total. The summed E-state index contributed by atoms with van der Waals surface area (Å²) in [6, 6.07) is 6.49. The van der Waals surface area contributed by atoms with Gasteiger partial charge in [-0.05, 0) is 51.5 Å². The van der Waals surface area contributed by atoms with Gasteiger partial charge in [0.2, 0.25) is 5.91 Å². The number of rotatable bonds is 3. The summed E-state index contributed by atoms with van der Waals surface area (Å²) in [5.41, 5.74) is 0.165. The average Bonchev–Trinajstić information content (AvgIpc) is 2.73. The second kappa shape index (κ2) is 8.58. The molecule has 0 atom stereocenters. The maximum absolute atomic E-state index is 13.7. The molecule has 7 heteroatoms. The van der Waals surface area contributed by atoms with Crippen LogP contribution >= 0.6 is 12.2 Å². The summed E-state index contributed by atoms with van der Waals surface area (Å²) >= 11 is 5.42. The van der Waals surface area contributed by atoms with E-state index in [-0.39, 0.29) is 17.3 Å². The third-order valence-corrected chi connectivity index (χ3v) is 4.23. The number of amides is 1. The van der Waals surface area contributed by atoms with E-state index in [1.54, 1.807) is 18.2 Å². The summed E-state index contributed by atoms with van der Waals surface area (Å²) in [5.74, 6) is -0.284. The third-order valence-electron chi connectivity index (χ3n) is 3.87. The zero-order valence-electron chi connectivity index (χ0n) is 15.1. The Hall–Kier alpha value is -1.73. The molecule has 1 aliphatic rings. The fraction of sp³-hybridized carbons (Fsp3) is 0.556. The second-order valence-electron chi connectivity index (χ2n) is 7.32. The quantitative estimate of drug-likeness (QED) is 0.805. The van der Waals surface area contributed by atoms with E-state index in [1.165, 1.54) is 6.07 Å². The van der Waals surface area contributed by atoms with Crippen LogP contribution in [0.1, 0.15) is 27.2 Å². The van der Waals surface area contributed by atoms with Crippen molar-refractivity contribution in [2.45, 2.75) is 32.7 Å². The van der Waals surface area contributed by atoms with Gasteiger partial charge in [-0.25, -0.2) is 4.39 Å². The Morgan fingerprint density at radius 3 is 2.60 bits per heavy atom. The standard InChI is InChI=1S/C18H27FN4OS/c1-18(2,3)21-16(24)13-22-9-6-10-23(12-11-22)17(25)20-15-8-5-4-7-14(15)19/h4-5,7-8H,6,9-13H2,1-3H3,(H,20,25)(H,21,24). The van der Waals surface area contributed by atoms with Crippen molar-refractivity contribution in [3.8, 4) is 0 Å². The highest BCUT2D eigenvalue weighted by molar-refractivity contribution is 7.80. The molecule has 0 bridgehead atoms. The highest BCUT2D eigenvalue weighted by atomic mass is 32.1. The largest absolute Gasteiger partial charge is 0.350 e. The average molecular weight is 367 g/mol. The summed E-state index contributed by atoms with van der Waals surface area (Å²) in [4.78, 5) is 16.2. The maximum Gasteiger partial charge on any atom is 0.234 e. The van der Waals surface area contributed by atoms with Crippen molar-refractivity contribution in [2.75, 3.05) is 38.0 Å². The Morgan fingerprint density at radius 1 is 1.20 bits per heavy atom. The van der Waals surface area contributed by atoms with E-state index in [0.29, 0.717) is 23.9 Å². The molecule has 1 aliphatic heterocycles. The number of nitrogens with zero attached hydrogens (tertiary/aromatic N) is 2. The van der Waals surface area contributed by atoms with E-state index in [2.05, 4.69) is 15.5 Å². The molecule has 0 spiro atoms. The molecule has 1 aromatic rings. The molecule has 25 heavy (non-hydrogen) atoms. The maximum atomic E-state index is 13.7. The van der Waals surface area contributed by atoms with Crippen molar-refractivity contribution in [2.24, 2.45) is 0 Å². The van der Waals surface area contributed by atoms with Gasteiger partial charge in [0.1, 0.15) is 5.82 Å². The molecule has 1 aromatic carbocycles. The fourth-order valence-corrected chi connectivity index (χ4v) is 3.04. The topological polar surface area (TPSA) is 47.6 Å². The lowest BCUT2D eigenvalue weighted by Crippen LogP contribution is -2.46. The smallest absolute Gasteiger partial charge is 0.234 e. The van der Waals surface area contributed by atoms with Gasteiger partial charge < -0.3 is 15.5 Å². The van der Waals surface area contributed by atoms with Crippen molar-refractivity contribution in [3.05, 3.63) is 30.1 Å². The number of anilines is 1. The molecule has 1 fully saturated rings. The van der Waals surface area contributed by atoms with Crippen LogP contribution in [0.15, 0.2) is 24.3 Å². The predicted molar refractivity (Wildman–Crippen MR) is 103 cm³/mol. The SMILES string of the molecule is CC(C)(C)NC(=O)CN1CCCN(C(=S)Nc2ccccc2F)CC1. The fourth-order valence-electron chi connectivity index (χ4n) is 2.75. The zero-order valence-corrected chi connectivity index (χ0v) is 16.0. The Kier molecular flexibility index (Phi) is 6.72. The minimum Gasteiger partial charge on any atom is -0.350 e. The minimum atomic E-state index is -0.319. The monoisotopic (exact) mass is 366 g/mol. The van der Waals surface area contributed by atoms with E-state index in [0.717, 1.165) is 26.1 Å². The Balaban J connectivity index is 1.85. The second-order valence-corrected chi connectivity index (χ2v) is 7.71. The van der Waals surface area contributed by atoms with Crippen molar-refractivity contribution in [1.29, 1.82) is 0 Å². The molecule has 1 saturated heterocycles. The Morgan fingerprint density at radius 2 is 1.92 bits per heavy atom. The van der Waals surface area contributed by atoms with Crippen LogP contribution in [-0.2, 0) is 4.79 Å². The minimum absolute atomic E-state index is 0.0352. The van der Waals surface area contributed by atoms with E-state index < -0.39 is 0 Å². The number of benzene rings is 1. The molecular weight excluding hydrogens is 339 g/mol. The van der Waals surface area contributed by atoms with Crippen LogP contribution in [0.2, 0.25) is 0 Å². The van der Waals surface area contributed by atoms with Gasteiger partial charge in [-0.3, -0.25) is 9.69 Å². The van der Waals surface area contributed by atoms with E-state index >= 15 is 0 Å². The lowest BCUT2D eigenvalue weighted by molar-refractivity contribution is -0.123. The summed E-state index contributed by atoms with van der Waals surface area (Å²) in [5, 5.41) is 6.48. The van der Waals surface area contributed by atoms with Crippen LogP contribution in [0.25, 0.3) is 0 Å². The van der Waals surface area contributed by atoms with Crippen molar-refractivity contribution < 1.29 is 9.18 Å². The van der Waals surface area contributed by atoms with Crippen LogP contribution in [0.4, 0.5) is 10.1 Å². The summed E-state index contributed by atoms with van der Waals surface area (Å²) < 4.78 is 13.7. The molecule has 0 aliphatic carbocycles. The van der Waals surface area contributed by atoms with Crippen LogP contribution in [0, 0.1) is 5.82 Å². The van der Waals surface area contributed by atoms with E-state index in [4.69, 9.17) is 12.2 Å². The lowest BCUT2D eigenvalue weighted by atomic mass is 10.1. The molecule has 1 heterocycles. The zero-order chi connectivity index (χ0) is 18.4. The van der Waals surface area contributed by atoms with Gasteiger partial charge in [-0.2, -0.15) is 0 Å². The molecule has 0 unspecified atom stereocenters. The number of nitrogens with one attached hydrogen (secondary N) is 2. The number of hydrogen-bond donors (Lipinski definition) is 2. The van der Waals surface area contributed by atoms with Gasteiger partial charge in [-0.1, -0.05) is 12.1 Å². The van der Waals surface area contributed by atoms with Crippen LogP contribution < -0.4 is 10.6 Å². The summed E-state index contributed by atoms with van der Waals surface area (Å²) in [6.07, 6.45) is 0.905. The molecule has 0 radical (unpaired) electrons. The Bertz CT molecular complexity index is 617. The predicted octanol–water partition coefficient (Wildman–Crippen LogP) is 2.44. The summed E-state index contributed by atoms with van der Waals surface area (Å²) in [7, 11) is 0. The van der Waals surface area contributed by atoms with Gasteiger partial charge in [0.25, 0.3) is 0 Å². The number of thiocarbonyl (C=S) groups is 1. The van der Waals surface area contributed by atoms with Gasteiger partial charge in [0.05, 0.1) is 12.2 Å². The van der Waals surface area contributed by atoms with Crippen molar-refractivity contribution >= 4 is 28.9 Å². The number of hydrogen-bond acceptors (Lipinski definition) is 3. The van der Waals surface area contributed by atoms with Crippen molar-refractivity contribution in [3.63, 3.8) is 0 Å².